The fourth-order valence-corrected chi connectivity index (χ4v) is 3.95. The summed E-state index contributed by atoms with van der Waals surface area (Å²) in [4.78, 5) is 38.2. The number of hydrogen-bond acceptors (Lipinski definition) is 6. The fourth-order valence-electron chi connectivity index (χ4n) is 3.12. The van der Waals surface area contributed by atoms with E-state index < -0.39 is 12.1 Å². The highest BCUT2D eigenvalue weighted by Crippen LogP contribution is 2.38. The quantitative estimate of drug-likeness (QED) is 0.617. The van der Waals surface area contributed by atoms with E-state index in [2.05, 4.69) is 0 Å². The van der Waals surface area contributed by atoms with Crippen molar-refractivity contribution in [1.29, 1.82) is 0 Å². The lowest BCUT2D eigenvalue weighted by atomic mass is 10.1. The van der Waals surface area contributed by atoms with E-state index in [4.69, 9.17) is 9.47 Å². The Morgan fingerprint density at radius 1 is 1.16 bits per heavy atom. The predicted octanol–water partition coefficient (Wildman–Crippen LogP) is 4.79. The van der Waals surface area contributed by atoms with Gasteiger partial charge in [-0.1, -0.05) is 25.1 Å². The first-order valence-electron chi connectivity index (χ1n) is 9.67. The second-order valence-electron chi connectivity index (χ2n) is 7.07. The average Bonchev–Trinajstić information content (AvgIpc) is 3.01. The minimum atomic E-state index is -1.06. The molecular weight excluding hydrogens is 418 g/mol. The number of imide groups is 1. The second-order valence-corrected chi connectivity index (χ2v) is 8.06. The van der Waals surface area contributed by atoms with E-state index in [1.165, 1.54) is 12.0 Å². The molecule has 0 spiro atoms. The molecular formula is C23H23NO6S. The van der Waals surface area contributed by atoms with Gasteiger partial charge in [0.15, 0.2) is 17.6 Å². The number of aryl methyl sites for hydroxylation is 2. The van der Waals surface area contributed by atoms with Crippen molar-refractivity contribution in [3.63, 3.8) is 0 Å². The Morgan fingerprint density at radius 3 is 2.55 bits per heavy atom. The van der Waals surface area contributed by atoms with Gasteiger partial charge in [0.25, 0.3) is 11.1 Å². The van der Waals surface area contributed by atoms with Crippen LogP contribution in [-0.4, -0.2) is 35.4 Å². The van der Waals surface area contributed by atoms with Crippen molar-refractivity contribution in [1.82, 2.24) is 0 Å². The lowest BCUT2D eigenvalue weighted by Crippen LogP contribution is -2.28. The summed E-state index contributed by atoms with van der Waals surface area (Å²) in [6.07, 6.45) is 0.914. The Labute approximate surface area is 184 Å². The highest BCUT2D eigenvalue weighted by Gasteiger charge is 2.37. The highest BCUT2D eigenvalue weighted by molar-refractivity contribution is 8.19. The maximum Gasteiger partial charge on any atom is 0.344 e. The van der Waals surface area contributed by atoms with Crippen LogP contribution in [0.2, 0.25) is 0 Å². The monoisotopic (exact) mass is 441 g/mol. The first-order chi connectivity index (χ1) is 14.7. The van der Waals surface area contributed by atoms with Crippen molar-refractivity contribution in [2.24, 2.45) is 0 Å². The van der Waals surface area contributed by atoms with Gasteiger partial charge in [0, 0.05) is 0 Å². The summed E-state index contributed by atoms with van der Waals surface area (Å²) in [6, 6.07) is 10.5. The molecule has 1 saturated heterocycles. The van der Waals surface area contributed by atoms with Crippen molar-refractivity contribution >= 4 is 40.6 Å². The number of nitrogens with zero attached hydrogens (tertiary/aromatic N) is 1. The molecule has 1 fully saturated rings. The van der Waals surface area contributed by atoms with E-state index in [9.17, 15) is 19.5 Å². The summed E-state index contributed by atoms with van der Waals surface area (Å²) in [5.41, 5.74) is 2.99. The largest absolute Gasteiger partial charge is 0.493 e. The Kier molecular flexibility index (Phi) is 6.70. The SMILES string of the molecule is CCC(Oc1ccc(/C=C2/SC(=O)N(c3cc(C)ccc3C)C2=O)cc1OC)C(=O)O. The summed E-state index contributed by atoms with van der Waals surface area (Å²) >= 11 is 0.871. The van der Waals surface area contributed by atoms with Gasteiger partial charge < -0.3 is 14.6 Å². The summed E-state index contributed by atoms with van der Waals surface area (Å²) in [6.45, 7) is 5.47. The number of aliphatic carboxylic acids is 1. The van der Waals surface area contributed by atoms with Crippen LogP contribution in [0.15, 0.2) is 41.3 Å². The number of ether oxygens (including phenoxy) is 2. The summed E-state index contributed by atoms with van der Waals surface area (Å²) in [7, 11) is 1.45. The van der Waals surface area contributed by atoms with Crippen molar-refractivity contribution in [2.45, 2.75) is 33.3 Å². The standard InChI is InChI=1S/C23H23NO6S/c1-5-17(22(26)27)30-18-9-8-15(11-19(18)29-4)12-20-21(25)24(23(28)31-20)16-10-13(2)6-7-14(16)3/h6-12,17H,5H2,1-4H3,(H,26,27)/b20-12+. The molecule has 0 radical (unpaired) electrons. The minimum Gasteiger partial charge on any atom is -0.493 e. The van der Waals surface area contributed by atoms with Crippen LogP contribution in [-0.2, 0) is 9.59 Å². The van der Waals surface area contributed by atoms with Crippen LogP contribution in [0, 0.1) is 13.8 Å². The van der Waals surface area contributed by atoms with Gasteiger partial charge in [-0.05, 0) is 73.0 Å². The van der Waals surface area contributed by atoms with Gasteiger partial charge in [0.2, 0.25) is 0 Å². The van der Waals surface area contributed by atoms with Crippen LogP contribution < -0.4 is 14.4 Å². The van der Waals surface area contributed by atoms with Crippen molar-refractivity contribution in [3.05, 3.63) is 58.0 Å². The molecule has 162 valence electrons. The molecule has 31 heavy (non-hydrogen) atoms. The van der Waals surface area contributed by atoms with Crippen LogP contribution in [0.4, 0.5) is 10.5 Å². The molecule has 7 nitrogen and oxygen atoms in total. The van der Waals surface area contributed by atoms with Crippen molar-refractivity contribution < 1.29 is 29.0 Å². The normalized spacial score (nSPS) is 16.0. The lowest BCUT2D eigenvalue weighted by Gasteiger charge is -2.16. The summed E-state index contributed by atoms with van der Waals surface area (Å²) in [5.74, 6) is -0.826. The van der Waals surface area contributed by atoms with E-state index in [1.54, 1.807) is 31.2 Å². The topological polar surface area (TPSA) is 93.1 Å². The molecule has 2 aromatic rings. The van der Waals surface area contributed by atoms with Crippen LogP contribution in [0.3, 0.4) is 0 Å². The predicted molar refractivity (Wildman–Crippen MR) is 120 cm³/mol. The van der Waals surface area contributed by atoms with Crippen LogP contribution >= 0.6 is 11.8 Å². The molecule has 0 aliphatic carbocycles. The number of carboxylic acids is 1. The van der Waals surface area contributed by atoms with Gasteiger partial charge >= 0.3 is 5.97 Å². The molecule has 2 aromatic carbocycles. The van der Waals surface area contributed by atoms with E-state index in [0.29, 0.717) is 28.3 Å². The highest BCUT2D eigenvalue weighted by atomic mass is 32.2. The van der Waals surface area contributed by atoms with Gasteiger partial charge in [-0.2, -0.15) is 0 Å². The number of carbonyl (C=O) groups is 3. The molecule has 0 bridgehead atoms. The Hall–Kier alpha value is -3.26. The van der Waals surface area contributed by atoms with Gasteiger partial charge in [-0.15, -0.1) is 0 Å². The smallest absolute Gasteiger partial charge is 0.344 e. The van der Waals surface area contributed by atoms with Crippen LogP contribution in [0.25, 0.3) is 6.08 Å². The van der Waals surface area contributed by atoms with Crippen molar-refractivity contribution in [2.75, 3.05) is 12.0 Å². The first kappa shape index (κ1) is 22.4. The number of rotatable bonds is 7. The second kappa shape index (κ2) is 9.26. The summed E-state index contributed by atoms with van der Waals surface area (Å²) in [5, 5.41) is 8.84. The number of anilines is 1. The molecule has 3 rings (SSSR count). The molecule has 0 saturated carbocycles. The number of benzene rings is 2. The van der Waals surface area contributed by atoms with Gasteiger partial charge in [-0.3, -0.25) is 9.59 Å². The van der Waals surface area contributed by atoms with Crippen LogP contribution in [0.5, 0.6) is 11.5 Å². The number of carboxylic acid groups (broad SMARTS) is 1. The van der Waals surface area contributed by atoms with Gasteiger partial charge in [0.1, 0.15) is 0 Å². The molecule has 1 heterocycles. The number of amides is 2. The van der Waals surface area contributed by atoms with Crippen LogP contribution in [0.1, 0.15) is 30.0 Å². The maximum atomic E-state index is 13.0. The molecule has 1 N–H and O–H groups in total. The molecule has 1 unspecified atom stereocenters. The third-order valence-electron chi connectivity index (χ3n) is 4.80. The molecule has 2 amide bonds. The molecule has 0 aromatic heterocycles. The zero-order valence-electron chi connectivity index (χ0n) is 17.7. The molecule has 1 aliphatic rings. The Bertz CT molecular complexity index is 1080. The van der Waals surface area contributed by atoms with E-state index in [-0.39, 0.29) is 16.9 Å². The Balaban J connectivity index is 1.89. The first-order valence-corrected chi connectivity index (χ1v) is 10.5. The number of carbonyl (C=O) groups excluding carboxylic acids is 2. The zero-order chi connectivity index (χ0) is 22.7. The maximum absolute atomic E-state index is 13.0. The number of methoxy groups -OCH3 is 1. The van der Waals surface area contributed by atoms with Gasteiger partial charge in [0.05, 0.1) is 17.7 Å². The number of thioether (sulfide) groups is 1. The lowest BCUT2D eigenvalue weighted by molar-refractivity contribution is -0.145. The minimum absolute atomic E-state index is 0.289. The zero-order valence-corrected chi connectivity index (χ0v) is 18.5. The molecule has 1 atom stereocenters. The third-order valence-corrected chi connectivity index (χ3v) is 5.67. The summed E-state index contributed by atoms with van der Waals surface area (Å²) < 4.78 is 10.9. The third kappa shape index (κ3) is 4.74. The van der Waals surface area contributed by atoms with E-state index in [0.717, 1.165) is 22.9 Å². The molecule has 8 heteroatoms. The van der Waals surface area contributed by atoms with E-state index >= 15 is 0 Å². The number of hydrogen-bond donors (Lipinski definition) is 1. The van der Waals surface area contributed by atoms with Crippen molar-refractivity contribution in [3.8, 4) is 11.5 Å². The fraction of sp³-hybridized carbons (Fsp3) is 0.261. The Morgan fingerprint density at radius 2 is 1.90 bits per heavy atom. The average molecular weight is 442 g/mol. The molecule has 1 aliphatic heterocycles. The van der Waals surface area contributed by atoms with E-state index in [1.807, 2.05) is 32.0 Å². The van der Waals surface area contributed by atoms with Gasteiger partial charge in [-0.25, -0.2) is 9.69 Å².